The molecule has 0 aliphatic heterocycles. The predicted octanol–water partition coefficient (Wildman–Crippen LogP) is 8.93. The van der Waals surface area contributed by atoms with Crippen LogP contribution in [0.3, 0.4) is 0 Å². The van der Waals surface area contributed by atoms with Crippen molar-refractivity contribution in [3.8, 4) is 11.5 Å². The van der Waals surface area contributed by atoms with Crippen molar-refractivity contribution in [1.29, 1.82) is 0 Å². The molecule has 0 radical (unpaired) electrons. The minimum absolute atomic E-state index is 0.372. The van der Waals surface area contributed by atoms with Crippen LogP contribution in [0, 0.1) is 0 Å². The van der Waals surface area contributed by atoms with Gasteiger partial charge in [0.2, 0.25) is 0 Å². The quantitative estimate of drug-likeness (QED) is 0.0735. The lowest BCUT2D eigenvalue weighted by Crippen LogP contribution is -2.11. The lowest BCUT2D eigenvalue weighted by molar-refractivity contribution is -0.129. The summed E-state index contributed by atoms with van der Waals surface area (Å²) in [5, 5.41) is 0. The summed E-state index contributed by atoms with van der Waals surface area (Å²) in [5.74, 6) is -0.357. The summed E-state index contributed by atoms with van der Waals surface area (Å²) in [6.45, 7) is 6.96. The second-order valence-corrected chi connectivity index (χ2v) is 9.46. The topological polar surface area (TPSA) is 55.8 Å². The van der Waals surface area contributed by atoms with Gasteiger partial charge in [-0.3, -0.25) is 0 Å². The summed E-state index contributed by atoms with van der Waals surface area (Å²) < 4.78 is 10.8. The van der Waals surface area contributed by atoms with Gasteiger partial charge in [-0.2, -0.15) is 0 Å². The monoisotopic (exact) mass is 563 g/mol. The lowest BCUT2D eigenvalue weighted by atomic mass is 9.95. The maximum absolute atomic E-state index is 11.9. The molecule has 5 heteroatoms. The van der Waals surface area contributed by atoms with Gasteiger partial charge in [0.05, 0.1) is 0 Å². The van der Waals surface area contributed by atoms with Crippen molar-refractivity contribution in [3.63, 3.8) is 0 Å². The number of carbonyl (C=O) groups is 2. The summed E-state index contributed by atoms with van der Waals surface area (Å²) in [7, 11) is 0. The van der Waals surface area contributed by atoms with Gasteiger partial charge in [-0.05, 0) is 64.7 Å². The Morgan fingerprint density at radius 3 is 1.44 bits per heavy atom. The number of hydrogen-bond acceptors (Lipinski definition) is 5. The van der Waals surface area contributed by atoms with Gasteiger partial charge in [0, 0.05) is 41.3 Å². The normalized spacial score (nSPS) is 10.2. The van der Waals surface area contributed by atoms with Crippen molar-refractivity contribution in [1.82, 2.24) is 0 Å². The Hall–Kier alpha value is -5.94. The largest absolute Gasteiger partial charge is 0.423 e. The number of hydrogen-bond donors (Lipinski definition) is 0. The molecule has 5 nitrogen and oxygen atoms in total. The van der Waals surface area contributed by atoms with Crippen molar-refractivity contribution < 1.29 is 19.1 Å². The number of rotatable bonds is 10. The van der Waals surface area contributed by atoms with Crippen molar-refractivity contribution in [2.24, 2.45) is 0 Å². The highest BCUT2D eigenvalue weighted by atomic mass is 16.5. The van der Waals surface area contributed by atoms with Crippen LogP contribution in [0.5, 0.6) is 11.5 Å². The number of ether oxygens (including phenoxy) is 2. The molecule has 0 aromatic heterocycles. The molecule has 5 aromatic rings. The fraction of sp³-hybridized carbons (Fsp3) is 0. The highest BCUT2D eigenvalue weighted by Crippen LogP contribution is 2.38. The second-order valence-electron chi connectivity index (χ2n) is 9.46. The zero-order valence-electron chi connectivity index (χ0n) is 23.4. The molecule has 0 spiro atoms. The number of esters is 2. The molecule has 5 rings (SSSR count). The Morgan fingerprint density at radius 1 is 0.535 bits per heavy atom. The molecule has 0 heterocycles. The molecule has 0 saturated carbocycles. The highest BCUT2D eigenvalue weighted by Gasteiger charge is 2.16. The van der Waals surface area contributed by atoms with Crippen LogP contribution in [0.2, 0.25) is 0 Å². The van der Waals surface area contributed by atoms with Crippen LogP contribution in [0.1, 0.15) is 16.7 Å². The van der Waals surface area contributed by atoms with E-state index in [1.807, 2.05) is 65.6 Å². The third-order valence-corrected chi connectivity index (χ3v) is 6.55. The third-order valence-electron chi connectivity index (χ3n) is 6.55. The smallest absolute Gasteiger partial charge is 0.335 e. The van der Waals surface area contributed by atoms with E-state index in [9.17, 15) is 9.59 Å². The van der Waals surface area contributed by atoms with Crippen LogP contribution in [0.25, 0.3) is 11.6 Å². The molecule has 0 aliphatic rings. The van der Waals surface area contributed by atoms with Crippen LogP contribution in [-0.2, 0) is 9.59 Å². The fourth-order valence-corrected chi connectivity index (χ4v) is 4.59. The first-order valence-electron chi connectivity index (χ1n) is 13.7. The summed E-state index contributed by atoms with van der Waals surface area (Å²) in [5.41, 5.74) is 6.69. The number of nitrogens with zero attached hydrogens (tertiary/aromatic N) is 1. The first kappa shape index (κ1) is 28.6. The van der Waals surface area contributed by atoms with Crippen LogP contribution in [0.15, 0.2) is 159 Å². The average Bonchev–Trinajstić information content (AvgIpc) is 3.05. The minimum atomic E-state index is -0.550. The van der Waals surface area contributed by atoms with E-state index < -0.39 is 11.9 Å². The van der Waals surface area contributed by atoms with Crippen LogP contribution >= 0.6 is 0 Å². The van der Waals surface area contributed by atoms with Gasteiger partial charge in [0.1, 0.15) is 11.5 Å². The summed E-state index contributed by atoms with van der Waals surface area (Å²) in [6.07, 6.45) is 4.41. The van der Waals surface area contributed by atoms with Crippen LogP contribution < -0.4 is 14.4 Å². The molecule has 0 N–H and O–H groups in total. The van der Waals surface area contributed by atoms with E-state index in [0.29, 0.717) is 11.5 Å². The molecule has 0 unspecified atom stereocenters. The van der Waals surface area contributed by atoms with E-state index in [-0.39, 0.29) is 0 Å². The Labute approximate surface area is 251 Å². The van der Waals surface area contributed by atoms with Gasteiger partial charge in [-0.15, -0.1) is 0 Å². The Morgan fingerprint density at radius 2 is 1.00 bits per heavy atom. The molecular weight excluding hydrogens is 534 g/mol. The maximum atomic E-state index is 11.9. The summed E-state index contributed by atoms with van der Waals surface area (Å²) in [6, 6.07) is 43.1. The van der Waals surface area contributed by atoms with Gasteiger partial charge in [-0.25, -0.2) is 9.59 Å². The second kappa shape index (κ2) is 13.6. The third kappa shape index (κ3) is 7.23. The van der Waals surface area contributed by atoms with E-state index in [1.54, 1.807) is 36.4 Å². The number of anilines is 3. The van der Waals surface area contributed by atoms with E-state index in [0.717, 1.165) is 51.5 Å². The van der Waals surface area contributed by atoms with Gasteiger partial charge >= 0.3 is 11.9 Å². The predicted molar refractivity (Wildman–Crippen MR) is 173 cm³/mol. The molecule has 0 amide bonds. The van der Waals surface area contributed by atoms with E-state index in [1.165, 1.54) is 0 Å². The molecular formula is C38H29NO4. The SMILES string of the molecule is C=CC(=O)Oc1cccc(N(c2ccc(C=C(c3ccccc3)c3ccccc3)cc2)c2cccc(OC(=O)C=C)c2)c1. The van der Waals surface area contributed by atoms with Gasteiger partial charge in [0.15, 0.2) is 0 Å². The molecule has 0 bridgehead atoms. The lowest BCUT2D eigenvalue weighted by Gasteiger charge is -2.26. The molecule has 43 heavy (non-hydrogen) atoms. The summed E-state index contributed by atoms with van der Waals surface area (Å²) in [4.78, 5) is 25.8. The first-order chi connectivity index (χ1) is 21.0. The molecule has 210 valence electrons. The minimum Gasteiger partial charge on any atom is -0.423 e. The Balaban J connectivity index is 1.57. The van der Waals surface area contributed by atoms with Crippen molar-refractivity contribution >= 4 is 40.6 Å². The molecule has 0 fully saturated rings. The molecule has 0 aliphatic carbocycles. The van der Waals surface area contributed by atoms with Crippen LogP contribution in [0.4, 0.5) is 17.1 Å². The molecule has 5 aromatic carbocycles. The van der Waals surface area contributed by atoms with E-state index in [4.69, 9.17) is 9.47 Å². The van der Waals surface area contributed by atoms with E-state index in [2.05, 4.69) is 55.6 Å². The average molecular weight is 564 g/mol. The Kier molecular flexibility index (Phi) is 9.05. The highest BCUT2D eigenvalue weighted by molar-refractivity contribution is 5.92. The number of carbonyl (C=O) groups excluding carboxylic acids is 2. The maximum Gasteiger partial charge on any atom is 0.335 e. The van der Waals surface area contributed by atoms with Crippen LogP contribution in [-0.4, -0.2) is 11.9 Å². The van der Waals surface area contributed by atoms with Crippen molar-refractivity contribution in [2.75, 3.05) is 4.90 Å². The molecule has 0 saturated heterocycles. The van der Waals surface area contributed by atoms with Crippen molar-refractivity contribution in [2.45, 2.75) is 0 Å². The van der Waals surface area contributed by atoms with Crippen molar-refractivity contribution in [3.05, 3.63) is 175 Å². The first-order valence-corrected chi connectivity index (χ1v) is 13.7. The Bertz CT molecular complexity index is 1670. The summed E-state index contributed by atoms with van der Waals surface area (Å²) >= 11 is 0. The van der Waals surface area contributed by atoms with Gasteiger partial charge in [-0.1, -0.05) is 98.1 Å². The van der Waals surface area contributed by atoms with Gasteiger partial charge < -0.3 is 14.4 Å². The number of benzene rings is 5. The molecule has 0 atom stereocenters. The zero-order chi connectivity index (χ0) is 30.0. The van der Waals surface area contributed by atoms with Gasteiger partial charge in [0.25, 0.3) is 0 Å². The fourth-order valence-electron chi connectivity index (χ4n) is 4.59. The standard InChI is InChI=1S/C38H29NO4/c1-3-37(40)42-34-19-11-17-32(26-34)39(33-18-12-20-35(27-33)43-38(41)4-2)31-23-21-28(22-24-31)25-36(29-13-7-5-8-14-29)30-15-9-6-10-16-30/h3-27H,1-2H2. The van der Waals surface area contributed by atoms with E-state index >= 15 is 0 Å². The zero-order valence-corrected chi connectivity index (χ0v) is 23.4.